The molecule has 42 heavy (non-hydrogen) atoms. The molecule has 1 saturated carbocycles. The number of carbonyl (C=O) groups excluding carboxylic acids is 3. The Kier molecular flexibility index (Phi) is 8.88. The van der Waals surface area contributed by atoms with E-state index >= 15 is 0 Å². The smallest absolute Gasteiger partial charge is 0.326 e. The minimum Gasteiger partial charge on any atom is -0.326 e. The number of alkyl halides is 5. The molecule has 1 aliphatic rings. The van der Waals surface area contributed by atoms with Crippen molar-refractivity contribution in [2.75, 3.05) is 16.0 Å². The molecular formula is C25H12Cl5F6N3O3. The summed E-state index contributed by atoms with van der Waals surface area (Å²) in [5.74, 6) is -11.1. The predicted octanol–water partition coefficient (Wildman–Crippen LogP) is 8.34. The summed E-state index contributed by atoms with van der Waals surface area (Å²) in [6.07, 6.45) is -5.47. The Hall–Kier alpha value is -2.90. The van der Waals surface area contributed by atoms with Crippen LogP contribution in [0, 0.1) is 23.4 Å². The lowest BCUT2D eigenvalue weighted by Gasteiger charge is -2.14. The van der Waals surface area contributed by atoms with Gasteiger partial charge < -0.3 is 16.0 Å². The number of amides is 3. The van der Waals surface area contributed by atoms with E-state index in [1.165, 1.54) is 12.1 Å². The highest BCUT2D eigenvalue weighted by Crippen LogP contribution is 2.65. The van der Waals surface area contributed by atoms with Crippen molar-refractivity contribution in [2.24, 2.45) is 5.92 Å². The number of carbonyl (C=O) groups is 3. The van der Waals surface area contributed by atoms with E-state index in [0.717, 1.165) is 17.4 Å². The van der Waals surface area contributed by atoms with Gasteiger partial charge in [0.05, 0.1) is 32.2 Å². The molecule has 3 aromatic rings. The highest BCUT2D eigenvalue weighted by Gasteiger charge is 2.67. The van der Waals surface area contributed by atoms with Gasteiger partial charge in [0.2, 0.25) is 5.91 Å². The summed E-state index contributed by atoms with van der Waals surface area (Å²) < 4.78 is 79.4. The van der Waals surface area contributed by atoms with E-state index in [1.807, 2.05) is 5.32 Å². The molecule has 2 atom stereocenters. The zero-order chi connectivity index (χ0) is 31.3. The van der Waals surface area contributed by atoms with Gasteiger partial charge in [0.15, 0.2) is 5.82 Å². The van der Waals surface area contributed by atoms with Gasteiger partial charge in [-0.2, -0.15) is 13.2 Å². The Morgan fingerprint density at radius 1 is 0.810 bits per heavy atom. The van der Waals surface area contributed by atoms with Crippen molar-refractivity contribution in [3.05, 3.63) is 86.1 Å². The zero-order valence-corrected chi connectivity index (χ0v) is 23.9. The fourth-order valence-corrected chi connectivity index (χ4v) is 5.29. The van der Waals surface area contributed by atoms with Crippen LogP contribution in [0.1, 0.15) is 21.8 Å². The lowest BCUT2D eigenvalue weighted by atomic mass is 10.1. The second-order valence-corrected chi connectivity index (χ2v) is 11.4. The van der Waals surface area contributed by atoms with Gasteiger partial charge >= 0.3 is 12.1 Å². The van der Waals surface area contributed by atoms with Crippen LogP contribution in [-0.2, 0) is 9.59 Å². The molecule has 3 aromatic carbocycles. The summed E-state index contributed by atoms with van der Waals surface area (Å²) in [5.41, 5.74) is -2.85. The van der Waals surface area contributed by atoms with Crippen molar-refractivity contribution in [1.82, 2.24) is 0 Å². The molecule has 0 heterocycles. The van der Waals surface area contributed by atoms with Crippen molar-refractivity contribution in [3.8, 4) is 0 Å². The molecule has 0 bridgehead atoms. The second kappa shape index (κ2) is 11.6. The average Bonchev–Trinajstić information content (AvgIpc) is 3.48. The third-order valence-corrected chi connectivity index (χ3v) is 8.08. The minimum atomic E-state index is -5.47. The third-order valence-electron chi connectivity index (χ3n) is 6.01. The van der Waals surface area contributed by atoms with Gasteiger partial charge in [0, 0.05) is 11.6 Å². The molecule has 17 heteroatoms. The summed E-state index contributed by atoms with van der Waals surface area (Å²) in [6, 6.07) is 7.29. The first kappa shape index (κ1) is 32.0. The SMILES string of the molecule is O=C(Nc1ccc(F)c(NC(=O)C(F)(F)F)c1F)c1cc(NC(=O)[C@H]2[C@H](c3ccc(Cl)c(Cl)c3)C2(Cl)Cl)cc(F)c1Cl. The lowest BCUT2D eigenvalue weighted by Crippen LogP contribution is -2.31. The van der Waals surface area contributed by atoms with E-state index in [4.69, 9.17) is 58.0 Å². The average molecular weight is 694 g/mol. The Balaban J connectivity index is 1.56. The number of rotatable bonds is 6. The van der Waals surface area contributed by atoms with Crippen LogP contribution >= 0.6 is 58.0 Å². The molecule has 0 saturated heterocycles. The van der Waals surface area contributed by atoms with Crippen molar-refractivity contribution in [2.45, 2.75) is 16.4 Å². The summed E-state index contributed by atoms with van der Waals surface area (Å²) >= 11 is 30.4. The van der Waals surface area contributed by atoms with Gasteiger partial charge in [-0.25, -0.2) is 13.2 Å². The van der Waals surface area contributed by atoms with Crippen LogP contribution in [0.15, 0.2) is 42.5 Å². The van der Waals surface area contributed by atoms with E-state index < -0.39 is 79.5 Å². The van der Waals surface area contributed by atoms with E-state index in [9.17, 15) is 40.7 Å². The molecule has 222 valence electrons. The van der Waals surface area contributed by atoms with Crippen molar-refractivity contribution >= 4 is 92.8 Å². The largest absolute Gasteiger partial charge is 0.471 e. The zero-order valence-electron chi connectivity index (χ0n) is 20.1. The second-order valence-electron chi connectivity index (χ2n) is 8.80. The van der Waals surface area contributed by atoms with Gasteiger partial charge in [-0.3, -0.25) is 14.4 Å². The normalized spacial score (nSPS) is 17.4. The van der Waals surface area contributed by atoms with Gasteiger partial charge in [-0.15, -0.1) is 23.2 Å². The number of benzene rings is 3. The van der Waals surface area contributed by atoms with E-state index in [0.29, 0.717) is 17.7 Å². The molecule has 4 rings (SSSR count). The Bertz CT molecular complexity index is 1640. The monoisotopic (exact) mass is 691 g/mol. The maximum Gasteiger partial charge on any atom is 0.471 e. The Morgan fingerprint density at radius 2 is 1.48 bits per heavy atom. The first-order valence-corrected chi connectivity index (χ1v) is 13.1. The van der Waals surface area contributed by atoms with Crippen LogP contribution < -0.4 is 16.0 Å². The van der Waals surface area contributed by atoms with Gasteiger partial charge in [0.1, 0.15) is 21.7 Å². The van der Waals surface area contributed by atoms with Crippen molar-refractivity contribution < 1.29 is 40.7 Å². The number of nitrogens with one attached hydrogen (secondary N) is 3. The first-order chi connectivity index (χ1) is 19.4. The third kappa shape index (κ3) is 6.37. The number of anilines is 3. The highest BCUT2D eigenvalue weighted by atomic mass is 35.5. The van der Waals surface area contributed by atoms with Crippen LogP contribution in [0.5, 0.6) is 0 Å². The number of halogens is 11. The number of hydrogen-bond acceptors (Lipinski definition) is 3. The van der Waals surface area contributed by atoms with Crippen LogP contribution in [-0.4, -0.2) is 28.2 Å². The maximum absolute atomic E-state index is 14.7. The summed E-state index contributed by atoms with van der Waals surface area (Å²) in [7, 11) is 0. The summed E-state index contributed by atoms with van der Waals surface area (Å²) in [6.45, 7) is 0. The predicted molar refractivity (Wildman–Crippen MR) is 146 cm³/mol. The fraction of sp³-hybridized carbons (Fsp3) is 0.160. The van der Waals surface area contributed by atoms with Crippen LogP contribution in [0.2, 0.25) is 15.1 Å². The van der Waals surface area contributed by atoms with Gasteiger partial charge in [-0.1, -0.05) is 40.9 Å². The minimum absolute atomic E-state index is 0.187. The van der Waals surface area contributed by atoms with Crippen LogP contribution in [0.25, 0.3) is 0 Å². The van der Waals surface area contributed by atoms with E-state index in [-0.39, 0.29) is 15.7 Å². The molecule has 6 nitrogen and oxygen atoms in total. The summed E-state index contributed by atoms with van der Waals surface area (Å²) in [4.78, 5) is 36.9. The van der Waals surface area contributed by atoms with E-state index in [2.05, 4.69) is 5.32 Å². The molecular weight excluding hydrogens is 682 g/mol. The first-order valence-electron chi connectivity index (χ1n) is 11.2. The molecule has 0 aliphatic heterocycles. The Labute approximate surface area is 257 Å². The quantitative estimate of drug-likeness (QED) is 0.179. The van der Waals surface area contributed by atoms with E-state index in [1.54, 1.807) is 6.07 Å². The molecule has 3 N–H and O–H groups in total. The molecule has 0 aromatic heterocycles. The molecule has 0 radical (unpaired) electrons. The molecule has 1 fully saturated rings. The van der Waals surface area contributed by atoms with Crippen LogP contribution in [0.3, 0.4) is 0 Å². The fourth-order valence-electron chi connectivity index (χ4n) is 3.96. The van der Waals surface area contributed by atoms with Gasteiger partial charge in [-0.05, 0) is 42.0 Å². The molecule has 3 amide bonds. The highest BCUT2D eigenvalue weighted by molar-refractivity contribution is 6.53. The Morgan fingerprint density at radius 3 is 2.10 bits per heavy atom. The van der Waals surface area contributed by atoms with Crippen molar-refractivity contribution in [3.63, 3.8) is 0 Å². The topological polar surface area (TPSA) is 87.3 Å². The van der Waals surface area contributed by atoms with Gasteiger partial charge in [0.25, 0.3) is 5.91 Å². The molecule has 0 unspecified atom stereocenters. The number of hydrogen-bond donors (Lipinski definition) is 3. The standard InChI is InChI=1S/C25H12Cl5F6N3O3/c26-11-2-1-8(5-12(11)27)16-17(24(16,29)30)22(41)37-9-6-10(18(28)14(32)7-9)21(40)38-15-4-3-13(31)20(19(15)33)39-23(42)25(34,35)36/h1-7,16-17H,(H,37,41)(H,38,40)(H,39,42)/t16-,17+/m0/s1. The molecule has 1 aliphatic carbocycles. The maximum atomic E-state index is 14.7. The lowest BCUT2D eigenvalue weighted by molar-refractivity contribution is -0.167. The van der Waals surface area contributed by atoms with Crippen molar-refractivity contribution in [1.29, 1.82) is 0 Å². The van der Waals surface area contributed by atoms with Crippen LogP contribution in [0.4, 0.5) is 43.4 Å². The molecule has 0 spiro atoms. The summed E-state index contributed by atoms with van der Waals surface area (Å²) in [5, 5.41) is 4.95.